The van der Waals surface area contributed by atoms with Crippen LogP contribution in [0.4, 0.5) is 0 Å². The summed E-state index contributed by atoms with van der Waals surface area (Å²) in [6.07, 6.45) is 0.482. The van der Waals surface area contributed by atoms with Gasteiger partial charge in [0.1, 0.15) is 0 Å². The number of carbonyl (C=O) groups excluding carboxylic acids is 2. The molecule has 37 heavy (non-hydrogen) atoms. The Balaban J connectivity index is 1.63. The van der Waals surface area contributed by atoms with Gasteiger partial charge in [0.05, 0.1) is 16.1 Å². The molecule has 0 aliphatic heterocycles. The zero-order chi connectivity index (χ0) is 26.8. The Morgan fingerprint density at radius 2 is 1.51 bits per heavy atom. The molecule has 3 aromatic carbocycles. The van der Waals surface area contributed by atoms with Gasteiger partial charge in [0.25, 0.3) is 5.91 Å². The van der Waals surface area contributed by atoms with Crippen molar-refractivity contribution in [2.24, 2.45) is 5.73 Å². The average molecular weight is 542 g/mol. The van der Waals surface area contributed by atoms with Gasteiger partial charge in [-0.3, -0.25) is 9.59 Å². The van der Waals surface area contributed by atoms with Crippen molar-refractivity contribution in [3.8, 4) is 0 Å². The van der Waals surface area contributed by atoms with Gasteiger partial charge in [-0.1, -0.05) is 83.9 Å². The molecule has 0 aromatic heterocycles. The van der Waals surface area contributed by atoms with Gasteiger partial charge in [-0.2, -0.15) is 0 Å². The Morgan fingerprint density at radius 1 is 0.919 bits per heavy atom. The van der Waals surface area contributed by atoms with Gasteiger partial charge in [0, 0.05) is 37.7 Å². The number of benzene rings is 3. The largest absolute Gasteiger partial charge is 0.350 e. The van der Waals surface area contributed by atoms with Crippen molar-refractivity contribution in [1.82, 2.24) is 15.5 Å². The minimum absolute atomic E-state index is 0.0371. The van der Waals surface area contributed by atoms with Gasteiger partial charge in [0.2, 0.25) is 5.91 Å². The van der Waals surface area contributed by atoms with E-state index in [1.807, 2.05) is 50.4 Å². The number of carbonyl (C=O) groups is 2. The van der Waals surface area contributed by atoms with Crippen molar-refractivity contribution < 1.29 is 9.59 Å². The molecule has 3 aromatic rings. The van der Waals surface area contributed by atoms with Crippen molar-refractivity contribution in [3.05, 3.63) is 106 Å². The fourth-order valence-corrected chi connectivity index (χ4v) is 4.53. The predicted octanol–water partition coefficient (Wildman–Crippen LogP) is 4.71. The Kier molecular flexibility index (Phi) is 11.0. The van der Waals surface area contributed by atoms with E-state index in [0.29, 0.717) is 41.7 Å². The highest BCUT2D eigenvalue weighted by Crippen LogP contribution is 2.26. The lowest BCUT2D eigenvalue weighted by Gasteiger charge is -2.30. The van der Waals surface area contributed by atoms with E-state index in [-0.39, 0.29) is 23.8 Å². The van der Waals surface area contributed by atoms with Crippen LogP contribution in [-0.2, 0) is 4.79 Å². The van der Waals surface area contributed by atoms with Crippen LogP contribution < -0.4 is 16.4 Å². The van der Waals surface area contributed by atoms with E-state index in [1.165, 1.54) is 6.07 Å². The maximum atomic E-state index is 13.5. The highest BCUT2D eigenvalue weighted by molar-refractivity contribution is 6.42. The van der Waals surface area contributed by atoms with Crippen molar-refractivity contribution >= 4 is 35.0 Å². The molecule has 0 heterocycles. The summed E-state index contributed by atoms with van der Waals surface area (Å²) < 4.78 is 0. The highest BCUT2D eigenvalue weighted by atomic mass is 35.5. The maximum Gasteiger partial charge on any atom is 0.251 e. The van der Waals surface area contributed by atoms with Gasteiger partial charge in [-0.05, 0) is 49.2 Å². The molecule has 0 saturated heterocycles. The molecule has 1 unspecified atom stereocenters. The van der Waals surface area contributed by atoms with Crippen LogP contribution >= 0.6 is 23.2 Å². The predicted molar refractivity (Wildman–Crippen MR) is 151 cm³/mol. The molecule has 6 nitrogen and oxygen atoms in total. The number of halogens is 2. The number of nitrogens with two attached hydrogens (primary N) is 1. The Morgan fingerprint density at radius 3 is 2.05 bits per heavy atom. The second-order valence-electron chi connectivity index (χ2n) is 9.13. The lowest BCUT2D eigenvalue weighted by atomic mass is 9.90. The van der Waals surface area contributed by atoms with Crippen LogP contribution in [0.3, 0.4) is 0 Å². The molecule has 0 radical (unpaired) electrons. The minimum atomic E-state index is -0.473. The molecule has 2 atom stereocenters. The van der Waals surface area contributed by atoms with Crippen LogP contribution in [0.15, 0.2) is 78.9 Å². The Hall–Kier alpha value is -2.90. The topological polar surface area (TPSA) is 87.5 Å². The molecule has 3 rings (SSSR count). The first-order valence-electron chi connectivity index (χ1n) is 12.3. The van der Waals surface area contributed by atoms with E-state index in [1.54, 1.807) is 17.0 Å². The molecule has 0 saturated carbocycles. The first-order valence-corrected chi connectivity index (χ1v) is 13.1. The summed E-state index contributed by atoms with van der Waals surface area (Å²) in [4.78, 5) is 27.8. The van der Waals surface area contributed by atoms with E-state index >= 15 is 0 Å². The number of hydrogen-bond acceptors (Lipinski definition) is 4. The summed E-state index contributed by atoms with van der Waals surface area (Å²) in [5, 5.41) is 6.93. The summed E-state index contributed by atoms with van der Waals surface area (Å²) in [5.74, 6) is -0.262. The van der Waals surface area contributed by atoms with Gasteiger partial charge < -0.3 is 21.3 Å². The summed E-state index contributed by atoms with van der Waals surface area (Å²) in [7, 11) is 1.82. The first-order chi connectivity index (χ1) is 17.8. The van der Waals surface area contributed by atoms with E-state index in [9.17, 15) is 9.59 Å². The number of nitrogens with zero attached hydrogens (tertiary/aromatic N) is 1. The molecular formula is C29H34Cl2N4O2. The van der Waals surface area contributed by atoms with Crippen molar-refractivity contribution in [1.29, 1.82) is 0 Å². The number of nitrogens with one attached hydrogen (secondary N) is 2. The molecule has 0 bridgehead atoms. The number of hydrogen-bond donors (Lipinski definition) is 3. The minimum Gasteiger partial charge on any atom is -0.350 e. The number of likely N-dealkylation sites (N-methyl/N-ethyl adjacent to an activating group) is 1. The molecule has 0 spiro atoms. The summed E-state index contributed by atoms with van der Waals surface area (Å²) in [6.45, 7) is 3.13. The maximum absolute atomic E-state index is 13.5. The third-order valence-electron chi connectivity index (χ3n) is 6.23. The van der Waals surface area contributed by atoms with Crippen LogP contribution in [0.25, 0.3) is 0 Å². The standard InChI is InChI=1S/C29H34Cl2N4O2/c1-20(18-33-28(36)23-13-14-25(30)26(31)17-23)34-27(15-16-32)29(37)35(2)19-24(21-9-5-3-6-10-21)22-11-7-4-8-12-22/h3-14,17,20,24,27,34H,15-16,18-19,32H2,1-2H3,(H,33,36)/t20?,27-/m0/s1. The highest BCUT2D eigenvalue weighted by Gasteiger charge is 2.26. The van der Waals surface area contributed by atoms with E-state index in [4.69, 9.17) is 28.9 Å². The zero-order valence-corrected chi connectivity index (χ0v) is 22.7. The van der Waals surface area contributed by atoms with Crippen LogP contribution in [0.2, 0.25) is 10.0 Å². The van der Waals surface area contributed by atoms with Gasteiger partial charge >= 0.3 is 0 Å². The Labute approximate surface area is 229 Å². The molecule has 0 fully saturated rings. The molecule has 2 amide bonds. The monoisotopic (exact) mass is 540 g/mol. The summed E-state index contributed by atoms with van der Waals surface area (Å²) in [6, 6.07) is 24.5. The van der Waals surface area contributed by atoms with E-state index < -0.39 is 6.04 Å². The van der Waals surface area contributed by atoms with Gasteiger partial charge in [-0.25, -0.2) is 0 Å². The van der Waals surface area contributed by atoms with Gasteiger partial charge in [0.15, 0.2) is 0 Å². The number of amides is 2. The lowest BCUT2D eigenvalue weighted by Crippen LogP contribution is -2.52. The second-order valence-corrected chi connectivity index (χ2v) is 9.94. The lowest BCUT2D eigenvalue weighted by molar-refractivity contribution is -0.132. The molecular weight excluding hydrogens is 507 g/mol. The molecule has 4 N–H and O–H groups in total. The summed E-state index contributed by atoms with van der Waals surface area (Å²) in [5.41, 5.74) is 8.56. The first kappa shape index (κ1) is 28.7. The normalized spacial score (nSPS) is 12.7. The van der Waals surface area contributed by atoms with Crippen molar-refractivity contribution in [2.75, 3.05) is 26.7 Å². The Bertz CT molecular complexity index is 1120. The fourth-order valence-electron chi connectivity index (χ4n) is 4.24. The molecule has 196 valence electrons. The second kappa shape index (κ2) is 14.1. The molecule has 8 heteroatoms. The van der Waals surface area contributed by atoms with Crippen LogP contribution in [0.1, 0.15) is 40.7 Å². The van der Waals surface area contributed by atoms with E-state index in [2.05, 4.69) is 34.9 Å². The van der Waals surface area contributed by atoms with E-state index in [0.717, 1.165) is 11.1 Å². The smallest absolute Gasteiger partial charge is 0.251 e. The van der Waals surface area contributed by atoms with Crippen molar-refractivity contribution in [2.45, 2.75) is 31.3 Å². The zero-order valence-electron chi connectivity index (χ0n) is 21.2. The SMILES string of the molecule is CC(CNC(=O)c1ccc(Cl)c(Cl)c1)N[C@@H](CCN)C(=O)N(C)CC(c1ccccc1)c1ccccc1. The fraction of sp³-hybridized carbons (Fsp3) is 0.310. The van der Waals surface area contributed by atoms with Gasteiger partial charge in [-0.15, -0.1) is 0 Å². The third kappa shape index (κ3) is 8.30. The molecule has 0 aliphatic carbocycles. The molecule has 0 aliphatic rings. The van der Waals surface area contributed by atoms with Crippen LogP contribution in [-0.4, -0.2) is 55.5 Å². The number of rotatable bonds is 12. The third-order valence-corrected chi connectivity index (χ3v) is 6.97. The van der Waals surface area contributed by atoms with Crippen molar-refractivity contribution in [3.63, 3.8) is 0 Å². The quantitative estimate of drug-likeness (QED) is 0.310. The summed E-state index contributed by atoms with van der Waals surface area (Å²) >= 11 is 12.0. The van der Waals surface area contributed by atoms with Crippen LogP contribution in [0, 0.1) is 0 Å². The average Bonchev–Trinajstić information content (AvgIpc) is 2.92. The van der Waals surface area contributed by atoms with Crippen LogP contribution in [0.5, 0.6) is 0 Å².